The summed E-state index contributed by atoms with van der Waals surface area (Å²) in [4.78, 5) is 15.9. The molecule has 0 fully saturated rings. The molecule has 2 aromatic rings. The summed E-state index contributed by atoms with van der Waals surface area (Å²) in [7, 11) is 1.33. The Morgan fingerprint density at radius 1 is 1.48 bits per heavy atom. The van der Waals surface area contributed by atoms with Gasteiger partial charge in [-0.2, -0.15) is 0 Å². The number of hydrogen-bond acceptors (Lipinski definition) is 5. The molecule has 0 bridgehead atoms. The third-order valence-corrected chi connectivity index (χ3v) is 6.31. The molecule has 1 aromatic carbocycles. The van der Waals surface area contributed by atoms with Crippen LogP contribution in [-0.4, -0.2) is 19.3 Å². The first kappa shape index (κ1) is 16.3. The minimum Gasteiger partial charge on any atom is -0.298 e. The van der Waals surface area contributed by atoms with Crippen molar-refractivity contribution in [3.63, 3.8) is 0 Å². The van der Waals surface area contributed by atoms with E-state index in [0.717, 1.165) is 17.4 Å². The number of thiazole rings is 1. The van der Waals surface area contributed by atoms with Crippen molar-refractivity contribution in [1.82, 2.24) is 4.98 Å². The Labute approximate surface area is 136 Å². The lowest BCUT2D eigenvalue weighted by Gasteiger charge is -2.04. The molecule has 0 radical (unpaired) electrons. The van der Waals surface area contributed by atoms with E-state index in [1.807, 2.05) is 0 Å². The topological polar surface area (TPSA) is 76.1 Å². The molecule has 1 heterocycles. The van der Waals surface area contributed by atoms with Gasteiger partial charge < -0.3 is 0 Å². The largest absolute Gasteiger partial charge is 0.298 e. The fourth-order valence-corrected chi connectivity index (χ4v) is 4.27. The lowest BCUT2D eigenvalue weighted by molar-refractivity contribution is 0.102. The van der Waals surface area contributed by atoms with Crippen LogP contribution in [-0.2, 0) is 9.05 Å². The number of aryl methyl sites for hydroxylation is 1. The summed E-state index contributed by atoms with van der Waals surface area (Å²) in [5, 5.41) is 2.47. The zero-order chi connectivity index (χ0) is 15.8. The van der Waals surface area contributed by atoms with Crippen molar-refractivity contribution in [2.24, 2.45) is 0 Å². The van der Waals surface area contributed by atoms with Crippen LogP contribution in [0.3, 0.4) is 0 Å². The van der Waals surface area contributed by atoms with Crippen LogP contribution in [0.4, 0.5) is 9.52 Å². The van der Waals surface area contributed by atoms with Crippen molar-refractivity contribution in [1.29, 1.82) is 0 Å². The summed E-state index contributed by atoms with van der Waals surface area (Å²) < 4.78 is 36.0. The molecule has 0 saturated carbocycles. The van der Waals surface area contributed by atoms with Crippen molar-refractivity contribution >= 4 is 58.0 Å². The summed E-state index contributed by atoms with van der Waals surface area (Å²) in [5.41, 5.74) is 0.252. The first-order chi connectivity index (χ1) is 9.68. The number of amides is 1. The van der Waals surface area contributed by atoms with Crippen LogP contribution in [0.5, 0.6) is 0 Å². The summed E-state index contributed by atoms with van der Waals surface area (Å²) in [5.74, 6) is -1.18. The maximum atomic E-state index is 13.2. The van der Waals surface area contributed by atoms with Crippen molar-refractivity contribution in [3.05, 3.63) is 39.7 Å². The van der Waals surface area contributed by atoms with Gasteiger partial charge in [-0.15, -0.1) is 0 Å². The van der Waals surface area contributed by atoms with Gasteiger partial charge in [-0.25, -0.2) is 17.8 Å². The molecular formula is C11H7BrClFN2O3S2. The van der Waals surface area contributed by atoms with Crippen LogP contribution in [0.1, 0.15) is 16.1 Å². The van der Waals surface area contributed by atoms with E-state index in [4.69, 9.17) is 10.7 Å². The molecule has 0 aliphatic rings. The highest BCUT2D eigenvalue weighted by atomic mass is 79.9. The second-order valence-electron chi connectivity index (χ2n) is 3.91. The van der Waals surface area contributed by atoms with Gasteiger partial charge in [0.1, 0.15) is 5.82 Å². The fourth-order valence-electron chi connectivity index (χ4n) is 1.50. The van der Waals surface area contributed by atoms with E-state index in [9.17, 15) is 17.6 Å². The summed E-state index contributed by atoms with van der Waals surface area (Å²) >= 11 is 3.86. The molecule has 0 unspecified atom stereocenters. The lowest BCUT2D eigenvalue weighted by Crippen LogP contribution is -2.12. The fraction of sp³-hybridized carbons (Fsp3) is 0.0909. The van der Waals surface area contributed by atoms with Crippen molar-refractivity contribution < 1.29 is 17.6 Å². The van der Waals surface area contributed by atoms with Gasteiger partial charge in [-0.05, 0) is 41.1 Å². The second kappa shape index (κ2) is 5.99. The smallest absolute Gasteiger partial charge is 0.272 e. The molecule has 0 aliphatic carbocycles. The van der Waals surface area contributed by atoms with E-state index >= 15 is 0 Å². The Balaban J connectivity index is 2.30. The van der Waals surface area contributed by atoms with Gasteiger partial charge in [0.2, 0.25) is 0 Å². The number of hydrogen-bond donors (Lipinski definition) is 1. The van der Waals surface area contributed by atoms with Crippen LogP contribution in [0.2, 0.25) is 0 Å². The standard InChI is InChI=1S/C11H7BrClFN2O3S2/c1-5-10(21(13,18)19)20-11(15-5)16-9(17)7-4-6(14)2-3-8(7)12/h2-4H,1H3,(H,15,16,17). The van der Waals surface area contributed by atoms with Crippen LogP contribution in [0, 0.1) is 12.7 Å². The molecule has 10 heteroatoms. The van der Waals surface area contributed by atoms with E-state index in [1.165, 1.54) is 19.1 Å². The molecule has 0 atom stereocenters. The van der Waals surface area contributed by atoms with Gasteiger partial charge in [-0.3, -0.25) is 10.1 Å². The number of halogens is 3. The zero-order valence-electron chi connectivity index (χ0n) is 10.4. The predicted molar refractivity (Wildman–Crippen MR) is 81.9 cm³/mol. The van der Waals surface area contributed by atoms with E-state index < -0.39 is 20.8 Å². The molecule has 112 valence electrons. The molecule has 1 N–H and O–H groups in total. The van der Waals surface area contributed by atoms with E-state index in [-0.39, 0.29) is 20.6 Å². The number of carbonyl (C=O) groups is 1. The molecule has 21 heavy (non-hydrogen) atoms. The van der Waals surface area contributed by atoms with Crippen LogP contribution >= 0.6 is 37.9 Å². The molecular weight excluding hydrogens is 407 g/mol. The van der Waals surface area contributed by atoms with Crippen molar-refractivity contribution in [3.8, 4) is 0 Å². The molecule has 0 aliphatic heterocycles. The Morgan fingerprint density at radius 2 is 2.14 bits per heavy atom. The van der Waals surface area contributed by atoms with E-state index in [2.05, 4.69) is 26.2 Å². The van der Waals surface area contributed by atoms with Gasteiger partial charge >= 0.3 is 0 Å². The van der Waals surface area contributed by atoms with E-state index in [0.29, 0.717) is 4.47 Å². The number of benzene rings is 1. The van der Waals surface area contributed by atoms with Gasteiger partial charge in [0, 0.05) is 15.2 Å². The Bertz CT molecular complexity index is 823. The van der Waals surface area contributed by atoms with Gasteiger partial charge in [0.05, 0.1) is 11.3 Å². The Kier molecular flexibility index (Phi) is 4.66. The number of carbonyl (C=O) groups excluding carboxylic acids is 1. The van der Waals surface area contributed by atoms with Gasteiger partial charge in [0.15, 0.2) is 9.34 Å². The second-order valence-corrected chi connectivity index (χ2v) is 8.52. The Hall–Kier alpha value is -1.03. The van der Waals surface area contributed by atoms with Crippen LogP contribution < -0.4 is 5.32 Å². The van der Waals surface area contributed by atoms with Gasteiger partial charge in [0.25, 0.3) is 15.0 Å². The molecule has 5 nitrogen and oxygen atoms in total. The molecule has 0 spiro atoms. The SMILES string of the molecule is Cc1nc(NC(=O)c2cc(F)ccc2Br)sc1S(=O)(=O)Cl. The minimum absolute atomic E-state index is 0.0629. The quantitative estimate of drug-likeness (QED) is 0.781. The number of nitrogens with one attached hydrogen (secondary N) is 1. The average molecular weight is 414 g/mol. The molecule has 1 aromatic heterocycles. The van der Waals surface area contributed by atoms with E-state index in [1.54, 1.807) is 0 Å². The predicted octanol–water partition coefficient (Wildman–Crippen LogP) is 3.53. The molecule has 1 amide bonds. The normalized spacial score (nSPS) is 11.4. The minimum atomic E-state index is -3.92. The van der Waals surface area contributed by atoms with Crippen LogP contribution in [0.25, 0.3) is 0 Å². The highest BCUT2D eigenvalue weighted by Crippen LogP contribution is 2.30. The average Bonchev–Trinajstić information content (AvgIpc) is 2.73. The summed E-state index contributed by atoms with van der Waals surface area (Å²) in [6, 6.07) is 3.65. The number of rotatable bonds is 3. The third kappa shape index (κ3) is 3.79. The number of anilines is 1. The van der Waals surface area contributed by atoms with Crippen LogP contribution in [0.15, 0.2) is 26.9 Å². The maximum absolute atomic E-state index is 13.2. The highest BCUT2D eigenvalue weighted by molar-refractivity contribution is 9.10. The Morgan fingerprint density at radius 3 is 2.71 bits per heavy atom. The molecule has 2 rings (SSSR count). The lowest BCUT2D eigenvalue weighted by atomic mass is 10.2. The number of aromatic nitrogens is 1. The summed E-state index contributed by atoms with van der Waals surface area (Å²) in [6.07, 6.45) is 0. The first-order valence-corrected chi connectivity index (χ1v) is 9.29. The zero-order valence-corrected chi connectivity index (χ0v) is 14.3. The third-order valence-electron chi connectivity index (χ3n) is 2.37. The van der Waals surface area contributed by atoms with Gasteiger partial charge in [-0.1, -0.05) is 11.3 Å². The highest BCUT2D eigenvalue weighted by Gasteiger charge is 2.21. The number of nitrogens with zero attached hydrogens (tertiary/aromatic N) is 1. The monoisotopic (exact) mass is 412 g/mol. The first-order valence-electron chi connectivity index (χ1n) is 5.37. The summed E-state index contributed by atoms with van der Waals surface area (Å²) in [6.45, 7) is 1.46. The van der Waals surface area contributed by atoms with Crippen molar-refractivity contribution in [2.45, 2.75) is 11.1 Å². The van der Waals surface area contributed by atoms with Crippen molar-refractivity contribution in [2.75, 3.05) is 5.32 Å². The maximum Gasteiger partial charge on any atom is 0.272 e. The molecule has 0 saturated heterocycles.